The van der Waals surface area contributed by atoms with Gasteiger partial charge in [0.2, 0.25) is 0 Å². The highest BCUT2D eigenvalue weighted by Gasteiger charge is 2.30. The average Bonchev–Trinajstić information content (AvgIpc) is 2.52. The highest BCUT2D eigenvalue weighted by atomic mass is 35.5. The van der Waals surface area contributed by atoms with Crippen molar-refractivity contribution in [1.82, 2.24) is 0 Å². The molecule has 0 fully saturated rings. The molecule has 0 radical (unpaired) electrons. The van der Waals surface area contributed by atoms with Crippen LogP contribution in [-0.2, 0) is 6.18 Å². The number of benzene rings is 2. The molecule has 0 bridgehead atoms. The Kier molecular flexibility index (Phi) is 4.49. The van der Waals surface area contributed by atoms with Crippen LogP contribution in [0.15, 0.2) is 52.9 Å². The van der Waals surface area contributed by atoms with Crippen LogP contribution in [0, 0.1) is 0 Å². The molecular weight excluding hydrogens is 357 g/mol. The van der Waals surface area contributed by atoms with Gasteiger partial charge in [0.1, 0.15) is 0 Å². The van der Waals surface area contributed by atoms with E-state index in [1.165, 1.54) is 23.9 Å². The minimum Gasteiger partial charge on any atom is -0.289 e. The second kappa shape index (κ2) is 6.30. The van der Waals surface area contributed by atoms with Crippen LogP contribution in [0.2, 0.25) is 5.02 Å². The number of carbonyl (C=O) groups is 1. The normalized spacial score (nSPS) is 19.5. The number of hydrogen-bond acceptors (Lipinski definition) is 2. The predicted molar refractivity (Wildman–Crippen MR) is 90.5 cm³/mol. The van der Waals surface area contributed by atoms with Crippen molar-refractivity contribution < 1.29 is 18.0 Å². The lowest BCUT2D eigenvalue weighted by molar-refractivity contribution is -0.137. The van der Waals surface area contributed by atoms with Crippen molar-refractivity contribution in [3.63, 3.8) is 0 Å². The van der Waals surface area contributed by atoms with E-state index in [1.807, 2.05) is 13.0 Å². The first kappa shape index (κ1) is 17.1. The fraction of sp³-hybridized carbons (Fsp3) is 0.167. The molecule has 2 aromatic rings. The number of ketones is 1. The van der Waals surface area contributed by atoms with Crippen LogP contribution in [0.5, 0.6) is 0 Å². The van der Waals surface area contributed by atoms with Crippen LogP contribution in [0.1, 0.15) is 28.4 Å². The Bertz CT molecular complexity index is 825. The highest BCUT2D eigenvalue weighted by molar-refractivity contribution is 8.00. The maximum absolute atomic E-state index is 12.7. The monoisotopic (exact) mass is 368 g/mol. The molecule has 0 aliphatic carbocycles. The summed E-state index contributed by atoms with van der Waals surface area (Å²) in [6, 6.07) is 9.94. The molecule has 1 aliphatic heterocycles. The molecule has 2 aromatic carbocycles. The predicted octanol–water partition coefficient (Wildman–Crippen LogP) is 6.12. The number of rotatable bonds is 1. The van der Waals surface area contributed by atoms with Gasteiger partial charge in [0.25, 0.3) is 0 Å². The van der Waals surface area contributed by atoms with Crippen molar-refractivity contribution in [3.8, 4) is 0 Å². The Morgan fingerprint density at radius 1 is 1.12 bits per heavy atom. The molecule has 1 unspecified atom stereocenters. The molecular formula is C18H12ClF3OS. The van der Waals surface area contributed by atoms with Crippen molar-refractivity contribution in [2.75, 3.05) is 0 Å². The minimum absolute atomic E-state index is 0.0894. The molecule has 124 valence electrons. The zero-order valence-electron chi connectivity index (χ0n) is 12.5. The summed E-state index contributed by atoms with van der Waals surface area (Å²) in [5.41, 5.74) is 0.932. The number of halogens is 4. The van der Waals surface area contributed by atoms with E-state index in [1.54, 1.807) is 18.2 Å². The standard InChI is InChI=1S/C18H12ClF3OS/c1-10-14(8-11-2-4-12(5-3-11)18(20,21)22)17(23)15-9-13(19)6-7-16(15)24-10/h2-10H,1H3. The van der Waals surface area contributed by atoms with Crippen molar-refractivity contribution in [2.45, 2.75) is 23.2 Å². The van der Waals surface area contributed by atoms with E-state index < -0.39 is 11.7 Å². The SMILES string of the molecule is CC1Sc2ccc(Cl)cc2C(=O)C1=Cc1ccc(C(F)(F)F)cc1. The Morgan fingerprint density at radius 2 is 1.79 bits per heavy atom. The number of alkyl halides is 3. The molecule has 3 rings (SSSR count). The van der Waals surface area contributed by atoms with Crippen LogP contribution < -0.4 is 0 Å². The molecule has 1 atom stereocenters. The summed E-state index contributed by atoms with van der Waals surface area (Å²) < 4.78 is 37.9. The fourth-order valence-corrected chi connectivity index (χ4v) is 3.79. The molecule has 1 aliphatic rings. The molecule has 0 saturated carbocycles. The maximum Gasteiger partial charge on any atom is 0.416 e. The molecule has 0 amide bonds. The summed E-state index contributed by atoms with van der Waals surface area (Å²) >= 11 is 7.49. The van der Waals surface area contributed by atoms with E-state index in [2.05, 4.69) is 0 Å². The summed E-state index contributed by atoms with van der Waals surface area (Å²) in [5.74, 6) is -0.140. The lowest BCUT2D eigenvalue weighted by Gasteiger charge is -2.23. The van der Waals surface area contributed by atoms with Crippen LogP contribution >= 0.6 is 23.4 Å². The molecule has 24 heavy (non-hydrogen) atoms. The van der Waals surface area contributed by atoms with Gasteiger partial charge in [-0.05, 0) is 48.9 Å². The first-order valence-corrected chi connectivity index (χ1v) is 8.41. The first-order chi connectivity index (χ1) is 11.3. The van der Waals surface area contributed by atoms with E-state index in [4.69, 9.17) is 11.6 Å². The maximum atomic E-state index is 12.7. The lowest BCUT2D eigenvalue weighted by atomic mass is 9.97. The minimum atomic E-state index is -4.37. The molecule has 1 nitrogen and oxygen atoms in total. The molecule has 0 spiro atoms. The van der Waals surface area contributed by atoms with Crippen molar-refractivity contribution in [3.05, 3.63) is 69.8 Å². The summed E-state index contributed by atoms with van der Waals surface area (Å²) in [5, 5.41) is 0.389. The molecule has 1 heterocycles. The Hall–Kier alpha value is -1.72. The van der Waals surface area contributed by atoms with E-state index in [-0.39, 0.29) is 11.0 Å². The first-order valence-electron chi connectivity index (χ1n) is 7.15. The number of Topliss-reactive ketones (excluding diaryl/α,β-unsaturated/α-hetero) is 1. The lowest BCUT2D eigenvalue weighted by Crippen LogP contribution is -2.19. The summed E-state index contributed by atoms with van der Waals surface area (Å²) in [7, 11) is 0. The largest absolute Gasteiger partial charge is 0.416 e. The molecule has 0 saturated heterocycles. The van der Waals surface area contributed by atoms with Gasteiger partial charge in [-0.1, -0.05) is 23.7 Å². The second-order valence-electron chi connectivity index (χ2n) is 5.45. The van der Waals surface area contributed by atoms with Gasteiger partial charge in [-0.15, -0.1) is 11.8 Å². The fourth-order valence-electron chi connectivity index (χ4n) is 2.51. The second-order valence-corrected chi connectivity index (χ2v) is 7.27. The number of fused-ring (bicyclic) bond motifs is 1. The topological polar surface area (TPSA) is 17.1 Å². The summed E-state index contributed by atoms with van der Waals surface area (Å²) in [6.45, 7) is 1.90. The van der Waals surface area contributed by atoms with Gasteiger partial charge < -0.3 is 0 Å². The zero-order valence-corrected chi connectivity index (χ0v) is 14.1. The van der Waals surface area contributed by atoms with Crippen molar-refractivity contribution in [1.29, 1.82) is 0 Å². The smallest absolute Gasteiger partial charge is 0.289 e. The van der Waals surface area contributed by atoms with Crippen molar-refractivity contribution >= 4 is 35.2 Å². The van der Waals surface area contributed by atoms with E-state index in [0.29, 0.717) is 21.7 Å². The van der Waals surface area contributed by atoms with E-state index in [9.17, 15) is 18.0 Å². The van der Waals surface area contributed by atoms with Crippen LogP contribution in [0.3, 0.4) is 0 Å². The average molecular weight is 369 g/mol. The Labute approximate surface area is 146 Å². The third-order valence-electron chi connectivity index (χ3n) is 3.75. The molecule has 6 heteroatoms. The van der Waals surface area contributed by atoms with Gasteiger partial charge in [0.15, 0.2) is 5.78 Å². The highest BCUT2D eigenvalue weighted by Crippen LogP contribution is 2.40. The van der Waals surface area contributed by atoms with E-state index >= 15 is 0 Å². The van der Waals surface area contributed by atoms with Gasteiger partial charge in [0.05, 0.1) is 5.56 Å². The number of thioether (sulfide) groups is 1. The molecule has 0 N–H and O–H groups in total. The Balaban J connectivity index is 1.96. The summed E-state index contributed by atoms with van der Waals surface area (Å²) in [4.78, 5) is 13.6. The number of hydrogen-bond donors (Lipinski definition) is 0. The third-order valence-corrected chi connectivity index (χ3v) is 5.20. The quantitative estimate of drug-likeness (QED) is 0.564. The van der Waals surface area contributed by atoms with Crippen LogP contribution in [0.4, 0.5) is 13.2 Å². The van der Waals surface area contributed by atoms with Gasteiger partial charge in [-0.2, -0.15) is 13.2 Å². The third kappa shape index (κ3) is 3.37. The van der Waals surface area contributed by atoms with E-state index in [0.717, 1.165) is 17.0 Å². The van der Waals surface area contributed by atoms with Gasteiger partial charge in [-0.25, -0.2) is 0 Å². The van der Waals surface area contributed by atoms with Crippen molar-refractivity contribution in [2.24, 2.45) is 0 Å². The van der Waals surface area contributed by atoms with Gasteiger partial charge in [-0.3, -0.25) is 4.79 Å². The summed E-state index contributed by atoms with van der Waals surface area (Å²) in [6.07, 6.45) is -2.73. The van der Waals surface area contributed by atoms with Crippen LogP contribution in [0.25, 0.3) is 6.08 Å². The molecule has 0 aromatic heterocycles. The van der Waals surface area contributed by atoms with Gasteiger partial charge >= 0.3 is 6.18 Å². The van der Waals surface area contributed by atoms with Crippen LogP contribution in [-0.4, -0.2) is 11.0 Å². The Morgan fingerprint density at radius 3 is 2.42 bits per heavy atom. The zero-order chi connectivity index (χ0) is 17.5. The number of carbonyl (C=O) groups excluding carboxylic acids is 1. The van der Waals surface area contributed by atoms with Gasteiger partial charge in [0, 0.05) is 26.3 Å².